The van der Waals surface area contributed by atoms with Gasteiger partial charge in [0.1, 0.15) is 11.6 Å². The van der Waals surface area contributed by atoms with Gasteiger partial charge in [-0.15, -0.1) is 0 Å². The largest absolute Gasteiger partial charge is 0.481 e. The molecule has 0 bridgehead atoms. The van der Waals surface area contributed by atoms with E-state index in [1.165, 1.54) is 19.4 Å². The summed E-state index contributed by atoms with van der Waals surface area (Å²) in [5.74, 6) is -0.317. The Hall–Kier alpha value is -2.48. The maximum Gasteiger partial charge on any atom is 0.230 e. The van der Waals surface area contributed by atoms with Crippen LogP contribution in [-0.4, -0.2) is 17.1 Å². The van der Waals surface area contributed by atoms with Crippen LogP contribution in [-0.2, 0) is 0 Å². The summed E-state index contributed by atoms with van der Waals surface area (Å²) in [6.07, 6.45) is 2.94. The van der Waals surface area contributed by atoms with Crippen LogP contribution in [0.15, 0.2) is 30.6 Å². The molecule has 0 aromatic carbocycles. The number of hydrogen-bond donors (Lipinski definition) is 0. The summed E-state index contributed by atoms with van der Waals surface area (Å²) < 4.78 is 18.0. The van der Waals surface area contributed by atoms with Crippen LogP contribution in [0, 0.1) is 17.3 Å². The topological polar surface area (TPSA) is 58.8 Å². The van der Waals surface area contributed by atoms with Crippen LogP contribution in [0.1, 0.15) is 5.56 Å². The van der Waals surface area contributed by atoms with E-state index in [1.807, 2.05) is 0 Å². The summed E-state index contributed by atoms with van der Waals surface area (Å²) >= 11 is 0. The lowest BCUT2D eigenvalue weighted by Crippen LogP contribution is -1.92. The summed E-state index contributed by atoms with van der Waals surface area (Å²) in [6.45, 7) is 0. The molecule has 2 heterocycles. The molecule has 0 amide bonds. The summed E-state index contributed by atoms with van der Waals surface area (Å²) in [7, 11) is 1.51. The first-order valence-corrected chi connectivity index (χ1v) is 4.80. The molecular formula is C12H8FN3O. The summed E-state index contributed by atoms with van der Waals surface area (Å²) in [5, 5.41) is 8.72. The van der Waals surface area contributed by atoms with Gasteiger partial charge in [0.25, 0.3) is 0 Å². The first kappa shape index (κ1) is 11.0. The van der Waals surface area contributed by atoms with Crippen LogP contribution in [0.25, 0.3) is 11.1 Å². The minimum atomic E-state index is -0.766. The molecule has 17 heavy (non-hydrogen) atoms. The molecule has 2 aromatic rings. The third-order valence-corrected chi connectivity index (χ3v) is 2.24. The highest BCUT2D eigenvalue weighted by Crippen LogP contribution is 2.22. The Bertz CT molecular complexity index is 593. The van der Waals surface area contributed by atoms with E-state index in [2.05, 4.69) is 9.97 Å². The van der Waals surface area contributed by atoms with Crippen LogP contribution in [0.5, 0.6) is 5.88 Å². The predicted molar refractivity (Wildman–Crippen MR) is 58.7 cm³/mol. The number of pyridine rings is 2. The third-order valence-electron chi connectivity index (χ3n) is 2.24. The van der Waals surface area contributed by atoms with Gasteiger partial charge in [-0.05, 0) is 17.7 Å². The van der Waals surface area contributed by atoms with Gasteiger partial charge < -0.3 is 4.74 Å². The van der Waals surface area contributed by atoms with Gasteiger partial charge in [0.15, 0.2) is 0 Å². The molecule has 0 aliphatic heterocycles. The van der Waals surface area contributed by atoms with Crippen molar-refractivity contribution in [2.45, 2.75) is 0 Å². The van der Waals surface area contributed by atoms with E-state index >= 15 is 0 Å². The number of nitriles is 1. The second kappa shape index (κ2) is 4.58. The van der Waals surface area contributed by atoms with Crippen molar-refractivity contribution < 1.29 is 9.13 Å². The van der Waals surface area contributed by atoms with Gasteiger partial charge >= 0.3 is 0 Å². The van der Waals surface area contributed by atoms with E-state index in [1.54, 1.807) is 24.4 Å². The fourth-order valence-electron chi connectivity index (χ4n) is 1.38. The molecule has 0 radical (unpaired) electrons. The van der Waals surface area contributed by atoms with Crippen molar-refractivity contribution in [2.24, 2.45) is 0 Å². The zero-order chi connectivity index (χ0) is 12.3. The van der Waals surface area contributed by atoms with Crippen molar-refractivity contribution in [2.75, 3.05) is 7.11 Å². The molecule has 0 aliphatic rings. The molecule has 0 unspecified atom stereocenters. The first-order valence-electron chi connectivity index (χ1n) is 4.80. The third kappa shape index (κ3) is 2.21. The maximum absolute atomic E-state index is 13.1. The number of nitrogens with zero attached hydrogens (tertiary/aromatic N) is 3. The average Bonchev–Trinajstić information content (AvgIpc) is 2.39. The molecule has 0 atom stereocenters. The van der Waals surface area contributed by atoms with E-state index in [0.717, 1.165) is 5.56 Å². The zero-order valence-corrected chi connectivity index (χ0v) is 9.01. The number of rotatable bonds is 2. The molecule has 0 saturated heterocycles. The highest BCUT2D eigenvalue weighted by Gasteiger charge is 2.06. The lowest BCUT2D eigenvalue weighted by molar-refractivity contribution is 0.398. The van der Waals surface area contributed by atoms with Crippen LogP contribution in [0.2, 0.25) is 0 Å². The Labute approximate surface area is 97.3 Å². The molecule has 0 aliphatic carbocycles. The van der Waals surface area contributed by atoms with E-state index < -0.39 is 5.95 Å². The summed E-state index contributed by atoms with van der Waals surface area (Å²) in [5.41, 5.74) is 1.32. The molecule has 84 valence electrons. The molecule has 2 aromatic heterocycles. The number of hydrogen-bond acceptors (Lipinski definition) is 4. The molecule has 4 nitrogen and oxygen atoms in total. The predicted octanol–water partition coefficient (Wildman–Crippen LogP) is 2.16. The Morgan fingerprint density at radius 1 is 1.29 bits per heavy atom. The Morgan fingerprint density at radius 2 is 2.12 bits per heavy atom. The van der Waals surface area contributed by atoms with Gasteiger partial charge in [-0.25, -0.2) is 9.97 Å². The fourth-order valence-corrected chi connectivity index (χ4v) is 1.38. The molecule has 0 N–H and O–H groups in total. The second-order valence-corrected chi connectivity index (χ2v) is 3.26. The number of halogens is 1. The van der Waals surface area contributed by atoms with Crippen molar-refractivity contribution in [3.63, 3.8) is 0 Å². The molecule has 5 heteroatoms. The minimum absolute atomic E-state index is 0.0849. The summed E-state index contributed by atoms with van der Waals surface area (Å²) in [6, 6.07) is 6.62. The van der Waals surface area contributed by atoms with E-state index in [9.17, 15) is 4.39 Å². The quantitative estimate of drug-likeness (QED) is 0.740. The SMILES string of the molecule is COc1cc(-c2cnc(F)c(C#N)c2)ccn1. The molecular weight excluding hydrogens is 221 g/mol. The van der Waals surface area contributed by atoms with Crippen molar-refractivity contribution in [1.82, 2.24) is 9.97 Å². The van der Waals surface area contributed by atoms with Crippen LogP contribution in [0.4, 0.5) is 4.39 Å². The van der Waals surface area contributed by atoms with Gasteiger partial charge in [-0.1, -0.05) is 0 Å². The number of aromatic nitrogens is 2. The van der Waals surface area contributed by atoms with Gasteiger partial charge in [0, 0.05) is 24.0 Å². The van der Waals surface area contributed by atoms with Gasteiger partial charge in [0.2, 0.25) is 11.8 Å². The van der Waals surface area contributed by atoms with Crippen molar-refractivity contribution in [3.05, 3.63) is 42.1 Å². The van der Waals surface area contributed by atoms with Crippen LogP contribution >= 0.6 is 0 Å². The molecule has 0 saturated carbocycles. The zero-order valence-electron chi connectivity index (χ0n) is 9.01. The average molecular weight is 229 g/mol. The highest BCUT2D eigenvalue weighted by molar-refractivity contribution is 5.64. The smallest absolute Gasteiger partial charge is 0.230 e. The van der Waals surface area contributed by atoms with Crippen LogP contribution in [0.3, 0.4) is 0 Å². The second-order valence-electron chi connectivity index (χ2n) is 3.26. The Kier molecular flexibility index (Phi) is 2.97. The van der Waals surface area contributed by atoms with E-state index in [-0.39, 0.29) is 5.56 Å². The fraction of sp³-hybridized carbons (Fsp3) is 0.0833. The standard InChI is InChI=1S/C12H8FN3O/c1-17-11-5-8(2-3-15-11)10-4-9(6-14)12(13)16-7-10/h2-5,7H,1H3. The number of ether oxygens (including phenoxy) is 1. The van der Waals surface area contributed by atoms with Crippen molar-refractivity contribution in [1.29, 1.82) is 5.26 Å². The van der Waals surface area contributed by atoms with Gasteiger partial charge in [-0.3, -0.25) is 0 Å². The van der Waals surface area contributed by atoms with Crippen LogP contribution < -0.4 is 4.74 Å². The molecule has 2 rings (SSSR count). The lowest BCUT2D eigenvalue weighted by atomic mass is 10.1. The first-order chi connectivity index (χ1) is 8.24. The Morgan fingerprint density at radius 3 is 2.82 bits per heavy atom. The van der Waals surface area contributed by atoms with E-state index in [0.29, 0.717) is 11.4 Å². The monoisotopic (exact) mass is 229 g/mol. The van der Waals surface area contributed by atoms with Crippen molar-refractivity contribution in [3.8, 4) is 23.1 Å². The van der Waals surface area contributed by atoms with Crippen molar-refractivity contribution >= 4 is 0 Å². The lowest BCUT2D eigenvalue weighted by Gasteiger charge is -2.04. The van der Waals surface area contributed by atoms with E-state index in [4.69, 9.17) is 10.00 Å². The maximum atomic E-state index is 13.1. The summed E-state index contributed by atoms with van der Waals surface area (Å²) in [4.78, 5) is 7.49. The normalized spacial score (nSPS) is 9.71. The highest BCUT2D eigenvalue weighted by atomic mass is 19.1. The number of methoxy groups -OCH3 is 1. The Balaban J connectivity index is 2.49. The molecule has 0 spiro atoms. The molecule has 0 fully saturated rings. The van der Waals surface area contributed by atoms with Gasteiger partial charge in [-0.2, -0.15) is 9.65 Å². The van der Waals surface area contributed by atoms with Gasteiger partial charge in [0.05, 0.1) is 7.11 Å². The minimum Gasteiger partial charge on any atom is -0.481 e.